The summed E-state index contributed by atoms with van der Waals surface area (Å²) in [4.78, 5) is 29.7. The number of rotatable bonds is 11. The quantitative estimate of drug-likeness (QED) is 0.355. The average molecular weight is 553 g/mol. The molecule has 3 N–H and O–H groups in total. The monoisotopic (exact) mass is 552 g/mol. The van der Waals surface area contributed by atoms with Crippen molar-refractivity contribution < 1.29 is 23.8 Å². The van der Waals surface area contributed by atoms with Crippen molar-refractivity contribution in [2.45, 2.75) is 44.2 Å². The molecule has 0 aliphatic heterocycles. The van der Waals surface area contributed by atoms with Gasteiger partial charge in [-0.15, -0.1) is 0 Å². The van der Waals surface area contributed by atoms with Gasteiger partial charge in [0.05, 0.1) is 26.5 Å². The van der Waals surface area contributed by atoms with Crippen LogP contribution >= 0.6 is 11.5 Å². The van der Waals surface area contributed by atoms with Crippen molar-refractivity contribution in [2.24, 2.45) is 0 Å². The zero-order valence-electron chi connectivity index (χ0n) is 22.6. The number of nitrogens with zero attached hydrogens (tertiary/aromatic N) is 2. The Morgan fingerprint density at radius 2 is 1.62 bits per heavy atom. The van der Waals surface area contributed by atoms with E-state index in [-0.39, 0.29) is 41.6 Å². The van der Waals surface area contributed by atoms with E-state index in [1.807, 2.05) is 36.4 Å². The highest BCUT2D eigenvalue weighted by atomic mass is 32.1. The molecular weight excluding hydrogens is 516 g/mol. The second-order valence-corrected chi connectivity index (χ2v) is 10.3. The van der Waals surface area contributed by atoms with Crippen LogP contribution in [0.5, 0.6) is 11.5 Å². The first-order chi connectivity index (χ1) is 19.0. The zero-order valence-corrected chi connectivity index (χ0v) is 23.5. The number of hydrogen-bond acceptors (Lipinski definition) is 8. The molecule has 3 aromatic rings. The Morgan fingerprint density at radius 3 is 2.21 bits per heavy atom. The summed E-state index contributed by atoms with van der Waals surface area (Å²) in [6.07, 6.45) is 5.19. The molecule has 1 fully saturated rings. The van der Waals surface area contributed by atoms with Gasteiger partial charge >= 0.3 is 0 Å². The summed E-state index contributed by atoms with van der Waals surface area (Å²) in [6.45, 7) is 0.443. The van der Waals surface area contributed by atoms with Gasteiger partial charge in [0.25, 0.3) is 5.91 Å². The van der Waals surface area contributed by atoms with Gasteiger partial charge in [-0.2, -0.15) is 4.37 Å². The minimum atomic E-state index is -0.883. The molecular formula is C29H36N4O5S. The minimum absolute atomic E-state index is 0.0847. The van der Waals surface area contributed by atoms with Crippen LogP contribution in [0.4, 0.5) is 5.69 Å². The molecule has 2 amide bonds. The van der Waals surface area contributed by atoms with Gasteiger partial charge < -0.3 is 30.2 Å². The lowest BCUT2D eigenvalue weighted by molar-refractivity contribution is -0.127. The number of nitrogens with one attached hydrogen (secondary N) is 1. The Hall–Kier alpha value is -3.63. The summed E-state index contributed by atoms with van der Waals surface area (Å²) in [5.41, 5.74) is 8.74. The fourth-order valence-electron chi connectivity index (χ4n) is 4.86. The summed E-state index contributed by atoms with van der Waals surface area (Å²) in [7, 11) is 4.75. The van der Waals surface area contributed by atoms with E-state index in [1.165, 1.54) is 11.3 Å². The van der Waals surface area contributed by atoms with E-state index < -0.39 is 6.04 Å². The molecule has 1 aliphatic rings. The Kier molecular flexibility index (Phi) is 9.78. The van der Waals surface area contributed by atoms with Gasteiger partial charge in [-0.3, -0.25) is 9.59 Å². The van der Waals surface area contributed by atoms with Gasteiger partial charge in [-0.25, -0.2) is 0 Å². The Morgan fingerprint density at radius 1 is 1.00 bits per heavy atom. The van der Waals surface area contributed by atoms with Crippen LogP contribution in [-0.4, -0.2) is 61.6 Å². The summed E-state index contributed by atoms with van der Waals surface area (Å²) in [5.74, 6) is 0.771. The third-order valence-electron chi connectivity index (χ3n) is 7.03. The number of benzene rings is 2. The maximum absolute atomic E-state index is 14.1. The van der Waals surface area contributed by atoms with Gasteiger partial charge in [-0.1, -0.05) is 31.4 Å². The predicted molar refractivity (Wildman–Crippen MR) is 152 cm³/mol. The maximum Gasteiger partial charge on any atom is 0.268 e. The number of amides is 2. The van der Waals surface area contributed by atoms with Crippen LogP contribution in [0.1, 0.15) is 53.4 Å². The van der Waals surface area contributed by atoms with Crippen LogP contribution in [0.15, 0.2) is 48.5 Å². The smallest absolute Gasteiger partial charge is 0.268 e. The number of hydrogen-bond donors (Lipinski definition) is 2. The SMILES string of the molecule is COCCN(C(=O)c1snc(-c2ccc(OC)cc2)c1N)C(C(=O)NC1CCCCC1)c1ccc(OC)cc1. The van der Waals surface area contributed by atoms with E-state index in [1.54, 1.807) is 33.5 Å². The lowest BCUT2D eigenvalue weighted by Gasteiger charge is -2.33. The summed E-state index contributed by atoms with van der Waals surface area (Å²) in [6, 6.07) is 13.7. The van der Waals surface area contributed by atoms with Crippen molar-refractivity contribution in [1.29, 1.82) is 0 Å². The number of ether oxygens (including phenoxy) is 3. The fraction of sp³-hybridized carbons (Fsp3) is 0.414. The summed E-state index contributed by atoms with van der Waals surface area (Å²) in [5, 5.41) is 3.21. The first-order valence-corrected chi connectivity index (χ1v) is 13.9. The van der Waals surface area contributed by atoms with Gasteiger partial charge in [-0.05, 0) is 66.3 Å². The summed E-state index contributed by atoms with van der Waals surface area (Å²) >= 11 is 1.03. The second kappa shape index (κ2) is 13.4. The lowest BCUT2D eigenvalue weighted by Crippen LogP contribution is -2.48. The van der Waals surface area contributed by atoms with Crippen LogP contribution in [0, 0.1) is 0 Å². The molecule has 9 nitrogen and oxygen atoms in total. The predicted octanol–water partition coefficient (Wildman–Crippen LogP) is 4.69. The minimum Gasteiger partial charge on any atom is -0.497 e. The number of nitrogen functional groups attached to an aromatic ring is 1. The Bertz CT molecular complexity index is 1240. The standard InChI is InChI=1S/C29H36N4O5S/c1-36-18-17-33(29(35)27-24(30)25(32-39-27)19-9-13-22(37-2)14-10-19)26(20-11-15-23(38-3)16-12-20)28(34)31-21-7-5-4-6-8-21/h9-16,21,26H,4-8,17-18,30H2,1-3H3,(H,31,34). The third kappa shape index (κ3) is 6.69. The molecule has 208 valence electrons. The lowest BCUT2D eigenvalue weighted by atomic mass is 9.94. The molecule has 1 atom stereocenters. The van der Waals surface area contributed by atoms with E-state index in [9.17, 15) is 9.59 Å². The van der Waals surface area contributed by atoms with Crippen LogP contribution in [0.25, 0.3) is 11.3 Å². The Labute approximate surface area is 233 Å². The highest BCUT2D eigenvalue weighted by Gasteiger charge is 2.35. The molecule has 39 heavy (non-hydrogen) atoms. The number of carbonyl (C=O) groups is 2. The maximum atomic E-state index is 14.1. The van der Waals surface area contributed by atoms with Crippen molar-refractivity contribution in [1.82, 2.24) is 14.6 Å². The van der Waals surface area contributed by atoms with Crippen molar-refractivity contribution in [2.75, 3.05) is 40.2 Å². The average Bonchev–Trinajstić information content (AvgIpc) is 3.36. The first kappa shape index (κ1) is 28.4. The normalized spacial score (nSPS) is 14.4. The zero-order chi connectivity index (χ0) is 27.8. The molecule has 0 spiro atoms. The molecule has 2 aromatic carbocycles. The molecule has 0 saturated heterocycles. The topological polar surface area (TPSA) is 116 Å². The van der Waals surface area contributed by atoms with E-state index in [4.69, 9.17) is 19.9 Å². The van der Waals surface area contributed by atoms with Crippen molar-refractivity contribution >= 4 is 29.0 Å². The third-order valence-corrected chi connectivity index (χ3v) is 7.88. The van der Waals surface area contributed by atoms with E-state index >= 15 is 0 Å². The largest absolute Gasteiger partial charge is 0.497 e. The van der Waals surface area contributed by atoms with Crippen LogP contribution in [0.3, 0.4) is 0 Å². The number of carbonyl (C=O) groups excluding carboxylic acids is 2. The number of methoxy groups -OCH3 is 3. The van der Waals surface area contributed by atoms with E-state index in [2.05, 4.69) is 9.69 Å². The van der Waals surface area contributed by atoms with E-state index in [0.29, 0.717) is 22.8 Å². The first-order valence-electron chi connectivity index (χ1n) is 13.1. The van der Waals surface area contributed by atoms with Crippen molar-refractivity contribution in [3.63, 3.8) is 0 Å². The van der Waals surface area contributed by atoms with Crippen LogP contribution in [-0.2, 0) is 9.53 Å². The molecule has 4 rings (SSSR count). The van der Waals surface area contributed by atoms with Gasteiger partial charge in [0, 0.05) is 25.3 Å². The molecule has 1 aliphatic carbocycles. The van der Waals surface area contributed by atoms with Gasteiger partial charge in [0.2, 0.25) is 5.91 Å². The molecule has 1 aromatic heterocycles. The van der Waals surface area contributed by atoms with Crippen LogP contribution < -0.4 is 20.5 Å². The fourth-order valence-corrected chi connectivity index (χ4v) is 5.64. The highest BCUT2D eigenvalue weighted by Crippen LogP contribution is 2.35. The number of anilines is 1. The molecule has 10 heteroatoms. The second-order valence-electron chi connectivity index (χ2n) is 9.51. The molecule has 0 bridgehead atoms. The van der Waals surface area contributed by atoms with Crippen molar-refractivity contribution in [3.8, 4) is 22.8 Å². The van der Waals surface area contributed by atoms with Gasteiger partial charge in [0.15, 0.2) is 0 Å². The molecule has 0 radical (unpaired) electrons. The highest BCUT2D eigenvalue weighted by molar-refractivity contribution is 7.09. The van der Waals surface area contributed by atoms with Gasteiger partial charge in [0.1, 0.15) is 28.1 Å². The number of aromatic nitrogens is 1. The summed E-state index contributed by atoms with van der Waals surface area (Å²) < 4.78 is 20.4. The molecule has 1 saturated carbocycles. The van der Waals surface area contributed by atoms with Crippen molar-refractivity contribution in [3.05, 3.63) is 59.0 Å². The number of nitrogens with two attached hydrogens (primary N) is 1. The molecule has 1 unspecified atom stereocenters. The van der Waals surface area contributed by atoms with Crippen LogP contribution in [0.2, 0.25) is 0 Å². The Balaban J connectivity index is 1.69. The van der Waals surface area contributed by atoms with E-state index in [0.717, 1.165) is 42.8 Å². The molecule has 1 heterocycles.